The first kappa shape index (κ1) is 19.1. The predicted octanol–water partition coefficient (Wildman–Crippen LogP) is 3.07. The average Bonchev–Trinajstić information content (AvgIpc) is 3.20. The van der Waals surface area contributed by atoms with Crippen LogP contribution in [0.1, 0.15) is 51.2 Å². The molecule has 2 aromatic heterocycles. The second-order valence-corrected chi connectivity index (χ2v) is 7.75. The van der Waals surface area contributed by atoms with Gasteiger partial charge >= 0.3 is 0 Å². The van der Waals surface area contributed by atoms with Crippen molar-refractivity contribution in [1.82, 2.24) is 15.4 Å². The van der Waals surface area contributed by atoms with Crippen LogP contribution in [0.15, 0.2) is 9.90 Å². The zero-order valence-electron chi connectivity index (χ0n) is 15.9. The standard InChI is InChI=1S/C19H27N3O3S/c1-5-14(24-4)8-20-19(23)17-11-26-18-10-22(7-6-15(17)18)9-16-12(2)21-25-13(16)3/h11,14H,5-10H2,1-4H3,(H,20,23). The van der Waals surface area contributed by atoms with E-state index in [0.717, 1.165) is 49.5 Å². The molecule has 0 bridgehead atoms. The average molecular weight is 378 g/mol. The maximum absolute atomic E-state index is 12.5. The second kappa shape index (κ2) is 8.33. The number of rotatable bonds is 7. The predicted molar refractivity (Wildman–Crippen MR) is 102 cm³/mol. The van der Waals surface area contributed by atoms with Crippen molar-refractivity contribution in [3.8, 4) is 0 Å². The third kappa shape index (κ3) is 4.00. The summed E-state index contributed by atoms with van der Waals surface area (Å²) in [7, 11) is 1.68. The summed E-state index contributed by atoms with van der Waals surface area (Å²) in [5.41, 5.74) is 4.16. The summed E-state index contributed by atoms with van der Waals surface area (Å²) in [6, 6.07) is 0. The van der Waals surface area contributed by atoms with Crippen molar-refractivity contribution in [2.45, 2.75) is 52.8 Å². The molecule has 0 spiro atoms. The van der Waals surface area contributed by atoms with Gasteiger partial charge in [0.25, 0.3) is 5.91 Å². The number of fused-ring (bicyclic) bond motifs is 1. The summed E-state index contributed by atoms with van der Waals surface area (Å²) < 4.78 is 10.6. The number of thiophene rings is 1. The first-order valence-electron chi connectivity index (χ1n) is 9.07. The number of methoxy groups -OCH3 is 1. The molecule has 3 heterocycles. The first-order chi connectivity index (χ1) is 12.5. The molecule has 1 aliphatic rings. The van der Waals surface area contributed by atoms with E-state index in [4.69, 9.17) is 9.26 Å². The molecule has 142 valence electrons. The fourth-order valence-electron chi connectivity index (χ4n) is 3.35. The summed E-state index contributed by atoms with van der Waals surface area (Å²) in [6.45, 7) is 9.19. The van der Waals surface area contributed by atoms with Crippen LogP contribution in [0.4, 0.5) is 0 Å². The number of hydrogen-bond acceptors (Lipinski definition) is 6. The molecule has 1 atom stereocenters. The molecule has 1 N–H and O–H groups in total. The van der Waals surface area contributed by atoms with Gasteiger partial charge < -0.3 is 14.6 Å². The van der Waals surface area contributed by atoms with E-state index < -0.39 is 0 Å². The molecule has 26 heavy (non-hydrogen) atoms. The lowest BCUT2D eigenvalue weighted by Gasteiger charge is -2.27. The molecule has 0 aliphatic carbocycles. The Balaban J connectivity index is 1.64. The normalized spacial score (nSPS) is 15.7. The zero-order valence-corrected chi connectivity index (χ0v) is 16.7. The van der Waals surface area contributed by atoms with Crippen LogP contribution in [0.2, 0.25) is 0 Å². The Morgan fingerprint density at radius 2 is 2.31 bits per heavy atom. The van der Waals surface area contributed by atoms with Crippen LogP contribution < -0.4 is 5.32 Å². The summed E-state index contributed by atoms with van der Waals surface area (Å²) in [5, 5.41) is 9.04. The van der Waals surface area contributed by atoms with Crippen molar-refractivity contribution in [2.75, 3.05) is 20.2 Å². The molecule has 0 saturated heterocycles. The number of carbonyl (C=O) groups excluding carboxylic acids is 1. The van der Waals surface area contributed by atoms with Crippen LogP contribution in [0.3, 0.4) is 0 Å². The Morgan fingerprint density at radius 1 is 1.50 bits per heavy atom. The third-order valence-corrected chi connectivity index (χ3v) is 6.13. The Bertz CT molecular complexity index is 745. The smallest absolute Gasteiger partial charge is 0.252 e. The Kier molecular flexibility index (Phi) is 6.11. The van der Waals surface area contributed by atoms with Gasteiger partial charge in [-0.1, -0.05) is 12.1 Å². The monoisotopic (exact) mass is 377 g/mol. The fourth-order valence-corrected chi connectivity index (χ4v) is 4.48. The largest absolute Gasteiger partial charge is 0.380 e. The van der Waals surface area contributed by atoms with E-state index in [1.54, 1.807) is 18.4 Å². The maximum Gasteiger partial charge on any atom is 0.252 e. The van der Waals surface area contributed by atoms with Gasteiger partial charge in [0.05, 0.1) is 17.4 Å². The van der Waals surface area contributed by atoms with Gasteiger partial charge in [-0.3, -0.25) is 9.69 Å². The summed E-state index contributed by atoms with van der Waals surface area (Å²) >= 11 is 1.68. The van der Waals surface area contributed by atoms with Crippen LogP contribution >= 0.6 is 11.3 Å². The van der Waals surface area contributed by atoms with Crippen molar-refractivity contribution in [3.05, 3.63) is 38.4 Å². The SMILES string of the molecule is CCC(CNC(=O)c1csc2c1CCN(Cc1c(C)noc1C)C2)OC. The van der Waals surface area contributed by atoms with Crippen LogP contribution in [-0.4, -0.2) is 42.3 Å². The molecule has 0 radical (unpaired) electrons. The number of carbonyl (C=O) groups is 1. The minimum absolute atomic E-state index is 0.0113. The van der Waals surface area contributed by atoms with E-state index >= 15 is 0 Å². The van der Waals surface area contributed by atoms with Crippen LogP contribution in [-0.2, 0) is 24.2 Å². The fraction of sp³-hybridized carbons (Fsp3) is 0.579. The minimum atomic E-state index is 0.0113. The lowest BCUT2D eigenvalue weighted by molar-refractivity contribution is 0.0815. The number of aromatic nitrogens is 1. The quantitative estimate of drug-likeness (QED) is 0.803. The minimum Gasteiger partial charge on any atom is -0.380 e. The number of nitrogens with zero attached hydrogens (tertiary/aromatic N) is 2. The highest BCUT2D eigenvalue weighted by Gasteiger charge is 2.25. The van der Waals surface area contributed by atoms with E-state index in [9.17, 15) is 4.79 Å². The van der Waals surface area contributed by atoms with E-state index in [-0.39, 0.29) is 12.0 Å². The molecule has 6 nitrogen and oxygen atoms in total. The van der Waals surface area contributed by atoms with Gasteiger partial charge in [0, 0.05) is 49.1 Å². The first-order valence-corrected chi connectivity index (χ1v) is 9.95. The molecule has 2 aromatic rings. The Labute approximate surface area is 158 Å². The number of ether oxygens (including phenoxy) is 1. The summed E-state index contributed by atoms with van der Waals surface area (Å²) in [4.78, 5) is 16.2. The third-order valence-electron chi connectivity index (χ3n) is 5.11. The number of nitrogens with one attached hydrogen (secondary N) is 1. The van der Waals surface area contributed by atoms with Crippen LogP contribution in [0.5, 0.6) is 0 Å². The lowest BCUT2D eigenvalue weighted by atomic mass is 10.0. The maximum atomic E-state index is 12.5. The summed E-state index contributed by atoms with van der Waals surface area (Å²) in [5.74, 6) is 0.903. The molecule has 0 fully saturated rings. The van der Waals surface area contributed by atoms with E-state index in [0.29, 0.717) is 6.54 Å². The molecule has 1 aliphatic heterocycles. The molecular weight excluding hydrogens is 350 g/mol. The molecule has 0 aromatic carbocycles. The molecular formula is C19H27N3O3S. The van der Waals surface area contributed by atoms with Gasteiger partial charge in [-0.05, 0) is 32.3 Å². The van der Waals surface area contributed by atoms with Gasteiger partial charge in [-0.15, -0.1) is 11.3 Å². The van der Waals surface area contributed by atoms with Gasteiger partial charge in [-0.2, -0.15) is 0 Å². The Hall–Kier alpha value is -1.70. The number of aryl methyl sites for hydroxylation is 2. The van der Waals surface area contributed by atoms with Gasteiger partial charge in [0.2, 0.25) is 0 Å². The topological polar surface area (TPSA) is 67.6 Å². The van der Waals surface area contributed by atoms with Crippen molar-refractivity contribution in [3.63, 3.8) is 0 Å². The van der Waals surface area contributed by atoms with E-state index in [1.807, 2.05) is 19.2 Å². The van der Waals surface area contributed by atoms with Gasteiger partial charge in [0.15, 0.2) is 0 Å². The molecule has 1 amide bonds. The highest BCUT2D eigenvalue weighted by atomic mass is 32.1. The summed E-state index contributed by atoms with van der Waals surface area (Å²) in [6.07, 6.45) is 1.85. The number of hydrogen-bond donors (Lipinski definition) is 1. The second-order valence-electron chi connectivity index (χ2n) is 6.79. The van der Waals surface area contributed by atoms with E-state index in [1.165, 1.54) is 16.0 Å². The van der Waals surface area contributed by atoms with Gasteiger partial charge in [0.1, 0.15) is 5.76 Å². The van der Waals surface area contributed by atoms with E-state index in [2.05, 4.69) is 22.3 Å². The highest BCUT2D eigenvalue weighted by Crippen LogP contribution is 2.30. The van der Waals surface area contributed by atoms with Gasteiger partial charge in [-0.25, -0.2) is 0 Å². The van der Waals surface area contributed by atoms with Crippen molar-refractivity contribution in [2.24, 2.45) is 0 Å². The highest BCUT2D eigenvalue weighted by molar-refractivity contribution is 7.10. The van der Waals surface area contributed by atoms with Crippen molar-refractivity contribution in [1.29, 1.82) is 0 Å². The zero-order chi connectivity index (χ0) is 18.7. The van der Waals surface area contributed by atoms with Crippen molar-refractivity contribution < 1.29 is 14.1 Å². The Morgan fingerprint density at radius 3 is 2.96 bits per heavy atom. The lowest BCUT2D eigenvalue weighted by Crippen LogP contribution is -2.34. The molecule has 7 heteroatoms. The van der Waals surface area contributed by atoms with Crippen molar-refractivity contribution >= 4 is 17.2 Å². The molecule has 1 unspecified atom stereocenters. The molecule has 3 rings (SSSR count). The van der Waals surface area contributed by atoms with Crippen LogP contribution in [0, 0.1) is 13.8 Å². The molecule has 0 saturated carbocycles. The number of amides is 1. The van der Waals surface area contributed by atoms with Crippen LogP contribution in [0.25, 0.3) is 0 Å².